The standard InChI is InChI=1S/C38H37ClF4N6O4S/c1-24-27(7-8-29(34(24)39)50-20-18-48-16-14-47(2)15-17-48)32-33-36(44-23-45-37(33)54-35(32)30-9-10-31(40)53-30)51-19-12-25-5-3-4-6-28(25)52-21-26-11-13-46-49(26)22-38(41,42)43/h3-11,13,23H,12,14-22H2,1-2H3. The van der Waals surface area contributed by atoms with Gasteiger partial charge in [0.15, 0.2) is 0 Å². The van der Waals surface area contributed by atoms with Crippen molar-refractivity contribution in [3.05, 3.63) is 95.0 Å². The molecule has 0 aliphatic carbocycles. The third-order valence-corrected chi connectivity index (χ3v) is 10.8. The number of ether oxygens (including phenoxy) is 3. The molecule has 10 nitrogen and oxygen atoms in total. The van der Waals surface area contributed by atoms with E-state index in [1.165, 1.54) is 36.0 Å². The van der Waals surface area contributed by atoms with Crippen molar-refractivity contribution in [2.45, 2.75) is 32.7 Å². The third-order valence-electron chi connectivity index (χ3n) is 9.22. The summed E-state index contributed by atoms with van der Waals surface area (Å²) in [5, 5.41) is 4.85. The Morgan fingerprint density at radius 1 is 0.926 bits per heavy atom. The number of alkyl halides is 3. The van der Waals surface area contributed by atoms with Gasteiger partial charge in [0, 0.05) is 57.0 Å². The largest absolute Gasteiger partial charge is 0.491 e. The number of likely N-dealkylation sites (N-methyl/N-ethyl adjacent to an activating group) is 1. The molecule has 4 aromatic heterocycles. The number of halogens is 5. The highest BCUT2D eigenvalue weighted by Crippen LogP contribution is 2.49. The van der Waals surface area contributed by atoms with Gasteiger partial charge in [-0.3, -0.25) is 9.58 Å². The van der Waals surface area contributed by atoms with Gasteiger partial charge in [-0.2, -0.15) is 22.7 Å². The molecule has 6 aromatic rings. The number of rotatable bonds is 14. The van der Waals surface area contributed by atoms with Crippen molar-refractivity contribution in [2.75, 3.05) is 53.0 Å². The van der Waals surface area contributed by atoms with E-state index in [0.717, 1.165) is 54.1 Å². The lowest BCUT2D eigenvalue weighted by molar-refractivity contribution is -0.143. The number of nitrogens with zero attached hydrogens (tertiary/aromatic N) is 6. The number of hydrogen-bond donors (Lipinski definition) is 0. The lowest BCUT2D eigenvalue weighted by atomic mass is 9.97. The highest BCUT2D eigenvalue weighted by atomic mass is 35.5. The maximum Gasteiger partial charge on any atom is 0.408 e. The average molecular weight is 785 g/mol. The molecule has 0 unspecified atom stereocenters. The second kappa shape index (κ2) is 16.3. The minimum absolute atomic E-state index is 0.100. The number of benzene rings is 2. The number of fused-ring (bicyclic) bond motifs is 1. The van der Waals surface area contributed by atoms with Crippen molar-refractivity contribution in [1.82, 2.24) is 29.5 Å². The maximum absolute atomic E-state index is 14.2. The number of piperazine rings is 1. The first-order chi connectivity index (χ1) is 26.0. The molecule has 0 amide bonds. The van der Waals surface area contributed by atoms with Crippen LogP contribution in [0, 0.1) is 12.9 Å². The first kappa shape index (κ1) is 37.6. The van der Waals surface area contributed by atoms with E-state index in [1.807, 2.05) is 31.2 Å². The van der Waals surface area contributed by atoms with Crippen LogP contribution in [0.2, 0.25) is 5.02 Å². The summed E-state index contributed by atoms with van der Waals surface area (Å²) in [6.07, 6.45) is -1.30. The highest BCUT2D eigenvalue weighted by Gasteiger charge is 2.30. The van der Waals surface area contributed by atoms with Gasteiger partial charge in [-0.25, -0.2) is 9.97 Å². The number of furan rings is 1. The van der Waals surface area contributed by atoms with Crippen molar-refractivity contribution >= 4 is 33.2 Å². The predicted molar refractivity (Wildman–Crippen MR) is 198 cm³/mol. The Hall–Kier alpha value is -4.70. The summed E-state index contributed by atoms with van der Waals surface area (Å²) >= 11 is 8.27. The number of thiophene rings is 1. The van der Waals surface area contributed by atoms with Gasteiger partial charge in [0.2, 0.25) is 5.88 Å². The Morgan fingerprint density at radius 3 is 2.52 bits per heavy atom. The zero-order valence-corrected chi connectivity index (χ0v) is 31.1. The molecular formula is C38H37ClF4N6O4S. The number of hydrogen-bond acceptors (Lipinski definition) is 10. The first-order valence-electron chi connectivity index (χ1n) is 17.3. The van der Waals surface area contributed by atoms with E-state index in [2.05, 4.69) is 31.9 Å². The zero-order valence-electron chi connectivity index (χ0n) is 29.5. The fraction of sp³-hybridized carbons (Fsp3) is 0.342. The molecular weight excluding hydrogens is 748 g/mol. The fourth-order valence-electron chi connectivity index (χ4n) is 6.34. The summed E-state index contributed by atoms with van der Waals surface area (Å²) in [5.41, 5.74) is 3.27. The van der Waals surface area contributed by atoms with Crippen LogP contribution in [0.1, 0.15) is 16.8 Å². The molecule has 54 heavy (non-hydrogen) atoms. The smallest absolute Gasteiger partial charge is 0.408 e. The second-order valence-electron chi connectivity index (χ2n) is 12.9. The van der Waals surface area contributed by atoms with Crippen LogP contribution in [-0.2, 0) is 19.6 Å². The van der Waals surface area contributed by atoms with E-state index in [1.54, 1.807) is 18.2 Å². The van der Waals surface area contributed by atoms with E-state index < -0.39 is 18.7 Å². The van der Waals surface area contributed by atoms with Crippen LogP contribution >= 0.6 is 22.9 Å². The minimum atomic E-state index is -4.41. The van der Waals surface area contributed by atoms with Crippen LogP contribution in [0.4, 0.5) is 17.6 Å². The molecule has 1 fully saturated rings. The quantitative estimate of drug-likeness (QED) is 0.101. The predicted octanol–water partition coefficient (Wildman–Crippen LogP) is 8.30. The number of aromatic nitrogens is 4. The van der Waals surface area contributed by atoms with Gasteiger partial charge in [0.05, 0.1) is 27.6 Å². The van der Waals surface area contributed by atoms with Gasteiger partial charge in [0.25, 0.3) is 6.01 Å². The minimum Gasteiger partial charge on any atom is -0.491 e. The molecule has 1 aliphatic heterocycles. The van der Waals surface area contributed by atoms with E-state index in [0.29, 0.717) is 67.5 Å². The summed E-state index contributed by atoms with van der Waals surface area (Å²) < 4.78 is 78.0. The zero-order chi connectivity index (χ0) is 37.8. The van der Waals surface area contributed by atoms with Crippen molar-refractivity contribution in [1.29, 1.82) is 0 Å². The molecule has 5 heterocycles. The monoisotopic (exact) mass is 784 g/mol. The summed E-state index contributed by atoms with van der Waals surface area (Å²) in [6, 6.07) is 14.6. The molecule has 2 aromatic carbocycles. The van der Waals surface area contributed by atoms with Gasteiger partial charge in [-0.15, -0.1) is 11.3 Å². The van der Waals surface area contributed by atoms with Gasteiger partial charge in [-0.05, 0) is 54.9 Å². The van der Waals surface area contributed by atoms with Crippen LogP contribution < -0.4 is 14.2 Å². The molecule has 0 radical (unpaired) electrons. The van der Waals surface area contributed by atoms with E-state index >= 15 is 0 Å². The molecule has 16 heteroatoms. The summed E-state index contributed by atoms with van der Waals surface area (Å²) in [5.74, 6) is 1.70. The van der Waals surface area contributed by atoms with Crippen LogP contribution in [0.15, 0.2) is 71.5 Å². The summed E-state index contributed by atoms with van der Waals surface area (Å²) in [4.78, 5) is 14.9. The SMILES string of the molecule is Cc1c(-c2c(-c3ccc(F)o3)sc3ncnc(OCCc4ccccc4OCc4ccnn4CC(F)(F)F)c23)ccc(OCCN2CCN(C)CC2)c1Cl. The molecule has 1 aliphatic rings. The average Bonchev–Trinajstić information content (AvgIpc) is 3.88. The van der Waals surface area contributed by atoms with Crippen LogP contribution in [0.3, 0.4) is 0 Å². The molecule has 0 saturated carbocycles. The Morgan fingerprint density at radius 2 is 1.74 bits per heavy atom. The Labute approximate surface area is 317 Å². The van der Waals surface area contributed by atoms with Crippen molar-refractivity contribution < 1.29 is 36.2 Å². The van der Waals surface area contributed by atoms with E-state index in [-0.39, 0.29) is 13.2 Å². The highest BCUT2D eigenvalue weighted by molar-refractivity contribution is 7.22. The number of para-hydroxylation sites is 1. The van der Waals surface area contributed by atoms with Gasteiger partial charge in [0.1, 0.15) is 48.2 Å². The Kier molecular flexibility index (Phi) is 11.4. The third kappa shape index (κ3) is 8.65. The van der Waals surface area contributed by atoms with Crippen molar-refractivity contribution in [3.8, 4) is 39.1 Å². The van der Waals surface area contributed by atoms with Crippen LogP contribution in [-0.4, -0.2) is 88.7 Å². The maximum atomic E-state index is 14.2. The van der Waals surface area contributed by atoms with Crippen molar-refractivity contribution in [2.24, 2.45) is 0 Å². The first-order valence-corrected chi connectivity index (χ1v) is 18.5. The molecule has 0 bridgehead atoms. The van der Waals surface area contributed by atoms with Crippen LogP contribution in [0.25, 0.3) is 32.0 Å². The second-order valence-corrected chi connectivity index (χ2v) is 14.3. The molecule has 1 saturated heterocycles. The van der Waals surface area contributed by atoms with Crippen LogP contribution in [0.5, 0.6) is 17.4 Å². The molecule has 0 N–H and O–H groups in total. The Balaban J connectivity index is 1.12. The fourth-order valence-corrected chi connectivity index (χ4v) is 7.67. The molecule has 0 spiro atoms. The van der Waals surface area contributed by atoms with Crippen molar-refractivity contribution in [3.63, 3.8) is 0 Å². The van der Waals surface area contributed by atoms with Gasteiger partial charge >= 0.3 is 6.18 Å². The summed E-state index contributed by atoms with van der Waals surface area (Å²) in [6.45, 7) is 6.07. The van der Waals surface area contributed by atoms with Gasteiger partial charge in [-0.1, -0.05) is 35.9 Å². The molecule has 0 atom stereocenters. The van der Waals surface area contributed by atoms with Gasteiger partial charge < -0.3 is 23.5 Å². The molecule has 7 rings (SSSR count). The normalized spacial score (nSPS) is 14.2. The Bertz CT molecular complexity index is 2220. The van der Waals surface area contributed by atoms with E-state index in [4.69, 9.17) is 30.2 Å². The topological polar surface area (TPSA) is 90.9 Å². The lowest BCUT2D eigenvalue weighted by Crippen LogP contribution is -2.45. The molecule has 284 valence electrons. The summed E-state index contributed by atoms with van der Waals surface area (Å²) in [7, 11) is 2.12. The van der Waals surface area contributed by atoms with E-state index in [9.17, 15) is 17.6 Å². The lowest BCUT2D eigenvalue weighted by Gasteiger charge is -2.32.